The van der Waals surface area contributed by atoms with Gasteiger partial charge in [0.1, 0.15) is 0 Å². The summed E-state index contributed by atoms with van der Waals surface area (Å²) in [6.07, 6.45) is 1.61. The van der Waals surface area contributed by atoms with Gasteiger partial charge in [-0.1, -0.05) is 6.58 Å². The van der Waals surface area contributed by atoms with Crippen LogP contribution in [0.3, 0.4) is 0 Å². The van der Waals surface area contributed by atoms with Crippen LogP contribution in [0.25, 0.3) is 0 Å². The third-order valence-electron chi connectivity index (χ3n) is 0.474. The quantitative estimate of drug-likeness (QED) is 0.508. The van der Waals surface area contributed by atoms with Crippen molar-refractivity contribution >= 4 is 0 Å². The second-order valence-electron chi connectivity index (χ2n) is 1.65. The molecule has 0 fully saturated rings. The van der Waals surface area contributed by atoms with Crippen LogP contribution in [0.1, 0.15) is 13.8 Å². The van der Waals surface area contributed by atoms with Crippen molar-refractivity contribution in [3.8, 4) is 0 Å². The van der Waals surface area contributed by atoms with E-state index in [1.807, 2.05) is 0 Å². The molecule has 0 aromatic rings. The standard InChI is InChI=1S/C5H12N2/c1-4-6-7-5(2)3/h4-7H,1H2,2-3H3. The summed E-state index contributed by atoms with van der Waals surface area (Å²) < 4.78 is 0. The molecule has 0 rings (SSSR count). The maximum atomic E-state index is 3.46. The fourth-order valence-electron chi connectivity index (χ4n) is 0.226. The predicted octanol–water partition coefficient (Wildman–Crippen LogP) is 0.632. The van der Waals surface area contributed by atoms with E-state index >= 15 is 0 Å². The minimum absolute atomic E-state index is 0.470. The molecular weight excluding hydrogens is 88.1 g/mol. The molecule has 2 N–H and O–H groups in total. The van der Waals surface area contributed by atoms with Crippen LogP contribution < -0.4 is 10.9 Å². The second-order valence-corrected chi connectivity index (χ2v) is 1.65. The lowest BCUT2D eigenvalue weighted by molar-refractivity contribution is 0.540. The Balaban J connectivity index is 2.81. The van der Waals surface area contributed by atoms with Gasteiger partial charge in [0.25, 0.3) is 0 Å². The molecule has 2 heteroatoms. The van der Waals surface area contributed by atoms with Gasteiger partial charge in [-0.15, -0.1) is 0 Å². The van der Waals surface area contributed by atoms with Crippen LogP contribution in [0, 0.1) is 0 Å². The molecule has 0 spiro atoms. The van der Waals surface area contributed by atoms with Crippen molar-refractivity contribution in [2.75, 3.05) is 0 Å². The molecular formula is C5H12N2. The molecule has 0 aliphatic carbocycles. The monoisotopic (exact) mass is 100 g/mol. The third kappa shape index (κ3) is 5.50. The average Bonchev–Trinajstić information content (AvgIpc) is 1.61. The maximum absolute atomic E-state index is 3.46. The van der Waals surface area contributed by atoms with E-state index in [2.05, 4.69) is 31.3 Å². The molecule has 0 aromatic heterocycles. The Morgan fingerprint density at radius 2 is 2.14 bits per heavy atom. The van der Waals surface area contributed by atoms with Gasteiger partial charge in [0, 0.05) is 12.2 Å². The van der Waals surface area contributed by atoms with Crippen LogP contribution in [-0.2, 0) is 0 Å². The molecule has 0 aliphatic heterocycles. The lowest BCUT2D eigenvalue weighted by atomic mass is 10.4. The molecule has 0 saturated carbocycles. The van der Waals surface area contributed by atoms with Gasteiger partial charge >= 0.3 is 0 Å². The molecule has 0 unspecified atom stereocenters. The Labute approximate surface area is 44.6 Å². The van der Waals surface area contributed by atoms with Crippen LogP contribution in [0.15, 0.2) is 12.8 Å². The smallest absolute Gasteiger partial charge is 0.0203 e. The van der Waals surface area contributed by atoms with E-state index in [9.17, 15) is 0 Å². The summed E-state index contributed by atoms with van der Waals surface area (Å²) in [6.45, 7) is 7.56. The molecule has 0 bridgehead atoms. The molecule has 0 heterocycles. The van der Waals surface area contributed by atoms with Crippen molar-refractivity contribution in [1.82, 2.24) is 10.9 Å². The summed E-state index contributed by atoms with van der Waals surface area (Å²) in [5.74, 6) is 0. The first-order valence-electron chi connectivity index (χ1n) is 2.39. The highest BCUT2D eigenvalue weighted by Crippen LogP contribution is 1.68. The Hall–Kier alpha value is -0.500. The van der Waals surface area contributed by atoms with Crippen LogP contribution in [-0.4, -0.2) is 6.04 Å². The largest absolute Gasteiger partial charge is 0.329 e. The SMILES string of the molecule is C=CNNC(C)C. The Morgan fingerprint density at radius 1 is 1.57 bits per heavy atom. The highest BCUT2D eigenvalue weighted by Gasteiger charge is 1.82. The van der Waals surface area contributed by atoms with Gasteiger partial charge in [-0.25, -0.2) is 5.43 Å². The predicted molar refractivity (Wildman–Crippen MR) is 31.6 cm³/mol. The van der Waals surface area contributed by atoms with Crippen LogP contribution in [0.5, 0.6) is 0 Å². The fraction of sp³-hybridized carbons (Fsp3) is 0.600. The van der Waals surface area contributed by atoms with E-state index in [0.717, 1.165) is 0 Å². The topological polar surface area (TPSA) is 24.1 Å². The molecule has 0 saturated heterocycles. The van der Waals surface area contributed by atoms with Crippen molar-refractivity contribution < 1.29 is 0 Å². The third-order valence-corrected chi connectivity index (χ3v) is 0.474. The molecule has 0 amide bonds. The maximum Gasteiger partial charge on any atom is 0.0203 e. The molecule has 7 heavy (non-hydrogen) atoms. The number of hydrogen-bond donors (Lipinski definition) is 2. The summed E-state index contributed by atoms with van der Waals surface area (Å²) in [5, 5.41) is 0. The van der Waals surface area contributed by atoms with E-state index in [1.165, 1.54) is 0 Å². The summed E-state index contributed by atoms with van der Waals surface area (Å²) in [5.41, 5.74) is 5.69. The second kappa shape index (κ2) is 3.68. The number of rotatable bonds is 3. The van der Waals surface area contributed by atoms with Crippen molar-refractivity contribution in [1.29, 1.82) is 0 Å². The zero-order valence-electron chi connectivity index (χ0n) is 4.86. The zero-order valence-corrected chi connectivity index (χ0v) is 4.86. The van der Waals surface area contributed by atoms with Crippen LogP contribution >= 0.6 is 0 Å². The van der Waals surface area contributed by atoms with Gasteiger partial charge < -0.3 is 5.43 Å². The average molecular weight is 100 g/mol. The fourth-order valence-corrected chi connectivity index (χ4v) is 0.226. The summed E-state index contributed by atoms with van der Waals surface area (Å²) in [7, 11) is 0. The first-order chi connectivity index (χ1) is 3.27. The van der Waals surface area contributed by atoms with Gasteiger partial charge in [0.15, 0.2) is 0 Å². The van der Waals surface area contributed by atoms with E-state index in [-0.39, 0.29) is 0 Å². The normalized spacial score (nSPS) is 9.00. The Morgan fingerprint density at radius 3 is 2.29 bits per heavy atom. The van der Waals surface area contributed by atoms with Crippen molar-refractivity contribution in [2.24, 2.45) is 0 Å². The number of hydrazine groups is 1. The lowest BCUT2D eigenvalue weighted by Gasteiger charge is -2.04. The molecule has 0 atom stereocenters. The molecule has 0 aromatic carbocycles. The summed E-state index contributed by atoms with van der Waals surface area (Å²) in [6, 6.07) is 0.470. The van der Waals surface area contributed by atoms with E-state index in [1.54, 1.807) is 6.20 Å². The molecule has 0 aliphatic rings. The molecule has 2 nitrogen and oxygen atoms in total. The minimum Gasteiger partial charge on any atom is -0.329 e. The highest BCUT2D eigenvalue weighted by molar-refractivity contribution is 4.59. The van der Waals surface area contributed by atoms with Gasteiger partial charge in [-0.2, -0.15) is 0 Å². The van der Waals surface area contributed by atoms with Crippen LogP contribution in [0.2, 0.25) is 0 Å². The lowest BCUT2D eigenvalue weighted by Crippen LogP contribution is -2.32. The summed E-state index contributed by atoms with van der Waals surface area (Å²) in [4.78, 5) is 0. The Bertz CT molecular complexity index is 50.0. The van der Waals surface area contributed by atoms with Gasteiger partial charge in [-0.3, -0.25) is 0 Å². The van der Waals surface area contributed by atoms with Crippen molar-refractivity contribution in [3.63, 3.8) is 0 Å². The number of hydrogen-bond acceptors (Lipinski definition) is 2. The van der Waals surface area contributed by atoms with Gasteiger partial charge in [-0.05, 0) is 13.8 Å². The Kier molecular flexibility index (Phi) is 3.42. The number of nitrogens with one attached hydrogen (secondary N) is 2. The molecule has 42 valence electrons. The van der Waals surface area contributed by atoms with Gasteiger partial charge in [0.05, 0.1) is 0 Å². The van der Waals surface area contributed by atoms with E-state index in [4.69, 9.17) is 0 Å². The van der Waals surface area contributed by atoms with Crippen molar-refractivity contribution in [3.05, 3.63) is 12.8 Å². The van der Waals surface area contributed by atoms with Crippen molar-refractivity contribution in [2.45, 2.75) is 19.9 Å². The summed E-state index contributed by atoms with van der Waals surface area (Å²) >= 11 is 0. The highest BCUT2D eigenvalue weighted by atomic mass is 15.3. The first-order valence-corrected chi connectivity index (χ1v) is 2.39. The van der Waals surface area contributed by atoms with E-state index in [0.29, 0.717) is 6.04 Å². The zero-order chi connectivity index (χ0) is 5.70. The first kappa shape index (κ1) is 6.50. The van der Waals surface area contributed by atoms with E-state index < -0.39 is 0 Å². The van der Waals surface area contributed by atoms with Crippen LogP contribution in [0.4, 0.5) is 0 Å². The minimum atomic E-state index is 0.470. The van der Waals surface area contributed by atoms with Gasteiger partial charge in [0.2, 0.25) is 0 Å². The molecule has 0 radical (unpaired) electrons.